The number of hydrogen-bond donors (Lipinski definition) is 1. The Labute approximate surface area is 169 Å². The lowest BCUT2D eigenvalue weighted by Crippen LogP contribution is -2.15. The molecule has 3 heterocycles. The summed E-state index contributed by atoms with van der Waals surface area (Å²) in [6, 6.07) is 15.4. The Hall–Kier alpha value is -3.61. The fourth-order valence-corrected chi connectivity index (χ4v) is 3.06. The zero-order valence-electron chi connectivity index (χ0n) is 16.4. The molecular formula is C22H22N6O. The second-order valence-corrected chi connectivity index (χ2v) is 6.74. The van der Waals surface area contributed by atoms with Crippen molar-refractivity contribution < 1.29 is 4.52 Å². The van der Waals surface area contributed by atoms with Gasteiger partial charge in [0.25, 0.3) is 0 Å². The van der Waals surface area contributed by atoms with Gasteiger partial charge in [-0.3, -0.25) is 4.98 Å². The predicted molar refractivity (Wildman–Crippen MR) is 110 cm³/mol. The van der Waals surface area contributed by atoms with Gasteiger partial charge in [0, 0.05) is 36.1 Å². The molecule has 0 spiro atoms. The Morgan fingerprint density at radius 2 is 1.90 bits per heavy atom. The monoisotopic (exact) mass is 386 g/mol. The van der Waals surface area contributed by atoms with Gasteiger partial charge in [-0.05, 0) is 31.0 Å². The molecule has 7 heteroatoms. The molecule has 0 aliphatic rings. The standard InChI is InChI=1S/C22H22N6O/c1-3-8-19-27-22(28-29-19)20(16-9-5-4-6-10-16)25-18-13-15(2)24-21(26-18)17-11-7-12-23-14-17/h4-7,9-14,20H,3,8H2,1-2H3,(H,24,25,26). The van der Waals surface area contributed by atoms with Crippen LogP contribution in [0.15, 0.2) is 65.4 Å². The van der Waals surface area contributed by atoms with Crippen LogP contribution in [0.3, 0.4) is 0 Å². The number of aromatic nitrogens is 5. The van der Waals surface area contributed by atoms with Crippen molar-refractivity contribution >= 4 is 5.82 Å². The Kier molecular flexibility index (Phi) is 5.56. The Bertz CT molecular complexity index is 1070. The van der Waals surface area contributed by atoms with E-state index in [0.717, 1.165) is 29.7 Å². The summed E-state index contributed by atoms with van der Waals surface area (Å²) in [4.78, 5) is 18.0. The molecule has 4 aromatic rings. The molecule has 1 atom stereocenters. The van der Waals surface area contributed by atoms with E-state index in [2.05, 4.69) is 37.3 Å². The van der Waals surface area contributed by atoms with Gasteiger partial charge < -0.3 is 9.84 Å². The molecule has 146 valence electrons. The molecule has 1 N–H and O–H groups in total. The van der Waals surface area contributed by atoms with E-state index in [4.69, 9.17) is 4.52 Å². The summed E-state index contributed by atoms with van der Waals surface area (Å²) >= 11 is 0. The van der Waals surface area contributed by atoms with Crippen LogP contribution in [0.25, 0.3) is 11.4 Å². The Balaban J connectivity index is 1.70. The number of hydrogen-bond acceptors (Lipinski definition) is 7. The topological polar surface area (TPSA) is 89.6 Å². The maximum Gasteiger partial charge on any atom is 0.226 e. The van der Waals surface area contributed by atoms with E-state index in [0.29, 0.717) is 23.4 Å². The number of nitrogens with zero attached hydrogens (tertiary/aromatic N) is 5. The summed E-state index contributed by atoms with van der Waals surface area (Å²) in [6.07, 6.45) is 5.19. The quantitative estimate of drug-likeness (QED) is 0.504. The van der Waals surface area contributed by atoms with E-state index in [1.165, 1.54) is 0 Å². The zero-order valence-corrected chi connectivity index (χ0v) is 16.4. The van der Waals surface area contributed by atoms with Crippen molar-refractivity contribution in [2.75, 3.05) is 5.32 Å². The third-order valence-electron chi connectivity index (χ3n) is 4.40. The van der Waals surface area contributed by atoms with Gasteiger partial charge in [-0.15, -0.1) is 0 Å². The molecule has 0 fully saturated rings. The van der Waals surface area contributed by atoms with Crippen LogP contribution in [-0.2, 0) is 6.42 Å². The Morgan fingerprint density at radius 3 is 2.66 bits per heavy atom. The number of pyridine rings is 1. The van der Waals surface area contributed by atoms with E-state index in [1.807, 2.05) is 55.5 Å². The normalized spacial score (nSPS) is 11.9. The summed E-state index contributed by atoms with van der Waals surface area (Å²) in [5.74, 6) is 2.53. The van der Waals surface area contributed by atoms with Crippen LogP contribution in [0.5, 0.6) is 0 Å². The smallest absolute Gasteiger partial charge is 0.226 e. The fraction of sp³-hybridized carbons (Fsp3) is 0.227. The van der Waals surface area contributed by atoms with Crippen LogP contribution in [0.2, 0.25) is 0 Å². The third kappa shape index (κ3) is 4.45. The van der Waals surface area contributed by atoms with E-state index >= 15 is 0 Å². The zero-order chi connectivity index (χ0) is 20.1. The number of nitrogens with one attached hydrogen (secondary N) is 1. The van der Waals surface area contributed by atoms with Crippen LogP contribution in [0, 0.1) is 6.92 Å². The molecule has 29 heavy (non-hydrogen) atoms. The molecule has 1 aromatic carbocycles. The maximum atomic E-state index is 5.42. The lowest BCUT2D eigenvalue weighted by Gasteiger charge is -2.17. The minimum absolute atomic E-state index is 0.290. The largest absolute Gasteiger partial charge is 0.356 e. The highest BCUT2D eigenvalue weighted by Gasteiger charge is 2.21. The van der Waals surface area contributed by atoms with Crippen LogP contribution in [0.1, 0.15) is 42.4 Å². The molecule has 7 nitrogen and oxygen atoms in total. The lowest BCUT2D eigenvalue weighted by molar-refractivity contribution is 0.371. The van der Waals surface area contributed by atoms with Gasteiger partial charge in [0.05, 0.1) is 0 Å². The Morgan fingerprint density at radius 1 is 1.03 bits per heavy atom. The van der Waals surface area contributed by atoms with Crippen molar-refractivity contribution in [2.45, 2.75) is 32.7 Å². The minimum atomic E-state index is -0.290. The average molecular weight is 386 g/mol. The van der Waals surface area contributed by atoms with Gasteiger partial charge in [-0.1, -0.05) is 42.4 Å². The predicted octanol–water partition coefficient (Wildman–Crippen LogP) is 4.38. The van der Waals surface area contributed by atoms with Gasteiger partial charge in [0.2, 0.25) is 5.89 Å². The van der Waals surface area contributed by atoms with Gasteiger partial charge in [0.15, 0.2) is 11.6 Å². The first-order valence-corrected chi connectivity index (χ1v) is 9.63. The highest BCUT2D eigenvalue weighted by atomic mass is 16.5. The molecule has 0 amide bonds. The third-order valence-corrected chi connectivity index (χ3v) is 4.40. The number of anilines is 1. The van der Waals surface area contributed by atoms with Crippen LogP contribution < -0.4 is 5.32 Å². The van der Waals surface area contributed by atoms with Crippen molar-refractivity contribution in [3.8, 4) is 11.4 Å². The van der Waals surface area contributed by atoms with Gasteiger partial charge in [-0.2, -0.15) is 4.98 Å². The number of aryl methyl sites for hydroxylation is 2. The van der Waals surface area contributed by atoms with Crippen molar-refractivity contribution in [3.63, 3.8) is 0 Å². The number of benzene rings is 1. The first-order chi connectivity index (χ1) is 14.2. The second-order valence-electron chi connectivity index (χ2n) is 6.74. The summed E-state index contributed by atoms with van der Waals surface area (Å²) in [5, 5.41) is 7.67. The SMILES string of the molecule is CCCc1nc(C(Nc2cc(C)nc(-c3cccnc3)n2)c2ccccc2)no1. The van der Waals surface area contributed by atoms with Crippen LogP contribution in [0.4, 0.5) is 5.82 Å². The van der Waals surface area contributed by atoms with E-state index in [1.54, 1.807) is 12.4 Å². The maximum absolute atomic E-state index is 5.42. The summed E-state index contributed by atoms with van der Waals surface area (Å²) in [5.41, 5.74) is 2.74. The van der Waals surface area contributed by atoms with Crippen LogP contribution >= 0.6 is 0 Å². The second kappa shape index (κ2) is 8.60. The molecule has 0 radical (unpaired) electrons. The molecule has 0 aliphatic heterocycles. The highest BCUT2D eigenvalue weighted by molar-refractivity contribution is 5.56. The first-order valence-electron chi connectivity index (χ1n) is 9.63. The molecule has 4 rings (SSSR count). The molecule has 0 bridgehead atoms. The van der Waals surface area contributed by atoms with E-state index in [9.17, 15) is 0 Å². The molecule has 0 aliphatic carbocycles. The van der Waals surface area contributed by atoms with Crippen LogP contribution in [-0.4, -0.2) is 25.1 Å². The molecule has 0 saturated heterocycles. The van der Waals surface area contributed by atoms with Gasteiger partial charge in [-0.25, -0.2) is 9.97 Å². The first kappa shape index (κ1) is 18.7. The molecular weight excluding hydrogens is 364 g/mol. The summed E-state index contributed by atoms with van der Waals surface area (Å²) in [7, 11) is 0. The average Bonchev–Trinajstić information content (AvgIpc) is 3.21. The van der Waals surface area contributed by atoms with Crippen molar-refractivity contribution in [3.05, 3.63) is 83.9 Å². The minimum Gasteiger partial charge on any atom is -0.356 e. The summed E-state index contributed by atoms with van der Waals surface area (Å²) in [6.45, 7) is 4.03. The summed E-state index contributed by atoms with van der Waals surface area (Å²) < 4.78 is 5.42. The molecule has 1 unspecified atom stereocenters. The lowest BCUT2D eigenvalue weighted by atomic mass is 10.1. The number of rotatable bonds is 7. The fourth-order valence-electron chi connectivity index (χ4n) is 3.06. The van der Waals surface area contributed by atoms with Crippen molar-refractivity contribution in [1.82, 2.24) is 25.1 Å². The van der Waals surface area contributed by atoms with Crippen molar-refractivity contribution in [1.29, 1.82) is 0 Å². The molecule has 0 saturated carbocycles. The van der Waals surface area contributed by atoms with E-state index in [-0.39, 0.29) is 6.04 Å². The molecule has 3 aromatic heterocycles. The van der Waals surface area contributed by atoms with Gasteiger partial charge in [0.1, 0.15) is 11.9 Å². The highest BCUT2D eigenvalue weighted by Crippen LogP contribution is 2.26. The van der Waals surface area contributed by atoms with Crippen molar-refractivity contribution in [2.24, 2.45) is 0 Å². The van der Waals surface area contributed by atoms with Gasteiger partial charge >= 0.3 is 0 Å². The van der Waals surface area contributed by atoms with E-state index < -0.39 is 0 Å².